The average molecular weight is 738 g/mol. The highest BCUT2D eigenvalue weighted by molar-refractivity contribution is 6.08. The van der Waals surface area contributed by atoms with Gasteiger partial charge in [0.2, 0.25) is 0 Å². The summed E-state index contributed by atoms with van der Waals surface area (Å²) < 4.78 is 7.70. The van der Waals surface area contributed by atoms with Crippen LogP contribution in [0, 0.1) is 6.92 Å². The van der Waals surface area contributed by atoms with Crippen LogP contribution in [0.4, 0.5) is 17.3 Å². The topological polar surface area (TPSA) is 226 Å². The summed E-state index contributed by atoms with van der Waals surface area (Å²) in [4.78, 5) is 65.9. The summed E-state index contributed by atoms with van der Waals surface area (Å²) in [6, 6.07) is 2.93. The number of H-pyrrole nitrogens is 1. The highest BCUT2D eigenvalue weighted by Crippen LogP contribution is 2.26. The molecule has 2 aliphatic heterocycles. The van der Waals surface area contributed by atoms with Gasteiger partial charge in [-0.05, 0) is 68.4 Å². The number of nitrogen functional groups attached to an aromatic ring is 1. The van der Waals surface area contributed by atoms with Gasteiger partial charge < -0.3 is 39.6 Å². The van der Waals surface area contributed by atoms with Crippen LogP contribution in [-0.2, 0) is 0 Å². The van der Waals surface area contributed by atoms with E-state index in [0.29, 0.717) is 70.0 Å². The van der Waals surface area contributed by atoms with Gasteiger partial charge in [0.1, 0.15) is 23.0 Å². The number of pyridine rings is 1. The molecule has 18 heteroatoms. The summed E-state index contributed by atoms with van der Waals surface area (Å²) in [5, 5.41) is 5.56. The molecule has 5 N–H and O–H groups in total. The third kappa shape index (κ3) is 8.11. The van der Waals surface area contributed by atoms with Gasteiger partial charge in [0.25, 0.3) is 11.5 Å². The number of hydrogen-bond donors (Lipinski definition) is 4. The third-order valence-electron chi connectivity index (χ3n) is 8.33. The lowest BCUT2D eigenvalue weighted by molar-refractivity contribution is 0.0957. The number of carbonyl (C=O) groups excluding carboxylic acids is 2. The molecule has 0 fully saturated rings. The summed E-state index contributed by atoms with van der Waals surface area (Å²) >= 11 is 0. The van der Waals surface area contributed by atoms with E-state index in [2.05, 4.69) is 70.9 Å². The van der Waals surface area contributed by atoms with Gasteiger partial charge in [0, 0.05) is 43.0 Å². The smallest absolute Gasteiger partial charge is 0.279 e. The molecule has 0 aromatic carbocycles. The number of nitrogens with two attached hydrogens (primary N) is 1. The predicted octanol–water partition coefficient (Wildman–Crippen LogP) is 5.45. The van der Waals surface area contributed by atoms with Crippen molar-refractivity contribution in [3.8, 4) is 0 Å². The zero-order valence-corrected chi connectivity index (χ0v) is 32.0. The fourth-order valence-corrected chi connectivity index (χ4v) is 5.53. The fourth-order valence-electron chi connectivity index (χ4n) is 5.53. The molecule has 0 aliphatic carbocycles. The minimum Gasteiger partial charge on any atom is -0.397 e. The van der Waals surface area contributed by atoms with Gasteiger partial charge in [-0.25, -0.2) is 34.9 Å². The fraction of sp³-hybridized carbons (Fsp3) is 0.389. The number of aromatic nitrogens is 11. The third-order valence-corrected chi connectivity index (χ3v) is 8.33. The summed E-state index contributed by atoms with van der Waals surface area (Å²) in [5.41, 5.74) is 9.90. The molecule has 8 rings (SSSR count). The van der Waals surface area contributed by atoms with Gasteiger partial charge in [0.05, 0.1) is 31.0 Å². The Bertz CT molecular complexity index is 2400. The number of Topliss-reactive ketones (excluding diaryl/α,β-unsaturated/α-hetero) is 1. The van der Waals surface area contributed by atoms with E-state index in [0.717, 1.165) is 11.2 Å². The number of hydrogen-bond acceptors (Lipinski definition) is 12. The Morgan fingerprint density at radius 1 is 0.722 bits per heavy atom. The molecule has 1 amide bonds. The maximum absolute atomic E-state index is 11.5. The molecule has 6 aromatic rings. The number of ketones is 1. The molecule has 54 heavy (non-hydrogen) atoms. The van der Waals surface area contributed by atoms with Crippen molar-refractivity contribution in [2.24, 2.45) is 4.99 Å². The lowest BCUT2D eigenvalue weighted by Gasteiger charge is -2.20. The number of carbonyl (C=O) groups is 2. The number of fused-ring (bicyclic) bond motifs is 4. The van der Waals surface area contributed by atoms with Crippen molar-refractivity contribution in [1.29, 1.82) is 0 Å². The minimum absolute atomic E-state index is 0.0596. The Morgan fingerprint density at radius 2 is 1.30 bits per heavy atom. The number of nitrogens with zero attached hydrogens (tertiary/aromatic N) is 11. The van der Waals surface area contributed by atoms with Gasteiger partial charge in [-0.1, -0.05) is 6.58 Å². The van der Waals surface area contributed by atoms with Crippen molar-refractivity contribution < 1.29 is 9.59 Å². The summed E-state index contributed by atoms with van der Waals surface area (Å²) in [5.74, 6) is 2.38. The zero-order valence-electron chi connectivity index (χ0n) is 32.0. The number of nitrogens with one attached hydrogen (secondary N) is 3. The van der Waals surface area contributed by atoms with Crippen LogP contribution in [0.1, 0.15) is 113 Å². The number of aliphatic imine (C=N–C) groups is 1. The maximum atomic E-state index is 11.5. The molecular formula is C36H47N15O3. The first-order valence-electron chi connectivity index (χ1n) is 17.6. The molecule has 8 heterocycles. The molecule has 0 radical (unpaired) electrons. The highest BCUT2D eigenvalue weighted by atomic mass is 16.2. The lowest BCUT2D eigenvalue weighted by atomic mass is 10.2. The van der Waals surface area contributed by atoms with Crippen molar-refractivity contribution in [2.45, 2.75) is 92.9 Å². The molecule has 0 unspecified atom stereocenters. The van der Waals surface area contributed by atoms with E-state index in [4.69, 9.17) is 5.73 Å². The highest BCUT2D eigenvalue weighted by Gasteiger charge is 2.24. The van der Waals surface area contributed by atoms with Crippen LogP contribution in [0.2, 0.25) is 0 Å². The van der Waals surface area contributed by atoms with Crippen molar-refractivity contribution >= 4 is 57.6 Å². The molecule has 284 valence electrons. The summed E-state index contributed by atoms with van der Waals surface area (Å²) in [6.07, 6.45) is 10.5. The van der Waals surface area contributed by atoms with Crippen LogP contribution in [0.25, 0.3) is 22.3 Å². The molecule has 0 bridgehead atoms. The normalized spacial score (nSPS) is 13.2. The second-order valence-electron chi connectivity index (χ2n) is 13.7. The van der Waals surface area contributed by atoms with Crippen LogP contribution < -0.4 is 21.9 Å². The van der Waals surface area contributed by atoms with Crippen LogP contribution >= 0.6 is 0 Å². The number of imidazole rings is 4. The second-order valence-corrected chi connectivity index (χ2v) is 13.7. The molecule has 0 spiro atoms. The number of aromatic amines is 1. The van der Waals surface area contributed by atoms with Crippen molar-refractivity contribution in [1.82, 2.24) is 58.5 Å². The van der Waals surface area contributed by atoms with Crippen molar-refractivity contribution in [2.75, 3.05) is 11.1 Å². The Labute approximate surface area is 311 Å². The monoisotopic (exact) mass is 737 g/mol. The summed E-state index contributed by atoms with van der Waals surface area (Å²) in [7, 11) is 0. The van der Waals surface area contributed by atoms with Gasteiger partial charge in [0.15, 0.2) is 39.8 Å². The molecule has 6 aromatic heterocycles. The van der Waals surface area contributed by atoms with E-state index in [-0.39, 0.29) is 29.3 Å². The number of anilines is 2. The number of amides is 1. The molecule has 0 saturated carbocycles. The maximum Gasteiger partial charge on any atom is 0.279 e. The second kappa shape index (κ2) is 16.1. The van der Waals surface area contributed by atoms with E-state index in [1.807, 2.05) is 59.8 Å². The SMILES string of the molecule is C=C1NC(=O)c2ncn(C(C)C)c2N1.CC(C)n1cnc2c(N)ccnc21.CC(C)n1cnc2c1N=CCC2=O.Cc1nc2c(ncn2C(C)C)c(=O)[nH]1. The largest absolute Gasteiger partial charge is 0.397 e. The van der Waals surface area contributed by atoms with Gasteiger partial charge >= 0.3 is 0 Å². The Morgan fingerprint density at radius 3 is 1.94 bits per heavy atom. The van der Waals surface area contributed by atoms with E-state index in [1.54, 1.807) is 50.7 Å². The molecular weight excluding hydrogens is 690 g/mol. The molecule has 0 saturated heterocycles. The van der Waals surface area contributed by atoms with Crippen molar-refractivity contribution in [3.05, 3.63) is 77.5 Å². The molecule has 2 aliphatic rings. The molecule has 0 atom stereocenters. The van der Waals surface area contributed by atoms with Gasteiger partial charge in [-0.2, -0.15) is 0 Å². The first-order chi connectivity index (χ1) is 25.6. The Kier molecular flexibility index (Phi) is 11.5. The van der Waals surface area contributed by atoms with Crippen molar-refractivity contribution in [3.63, 3.8) is 0 Å². The summed E-state index contributed by atoms with van der Waals surface area (Å²) in [6.45, 7) is 21.8. The van der Waals surface area contributed by atoms with Crippen LogP contribution in [0.15, 0.2) is 59.8 Å². The minimum atomic E-state index is -0.205. The van der Waals surface area contributed by atoms with Gasteiger partial charge in [-0.3, -0.25) is 14.4 Å². The lowest BCUT2D eigenvalue weighted by Crippen LogP contribution is -2.33. The zero-order chi connectivity index (χ0) is 39.4. The Hall–Kier alpha value is -6.46. The van der Waals surface area contributed by atoms with E-state index < -0.39 is 0 Å². The first-order valence-corrected chi connectivity index (χ1v) is 17.6. The van der Waals surface area contributed by atoms with Crippen LogP contribution in [-0.4, -0.2) is 71.1 Å². The van der Waals surface area contributed by atoms with E-state index in [9.17, 15) is 14.4 Å². The van der Waals surface area contributed by atoms with E-state index >= 15 is 0 Å². The van der Waals surface area contributed by atoms with Crippen LogP contribution in [0.5, 0.6) is 0 Å². The number of aryl methyl sites for hydroxylation is 1. The van der Waals surface area contributed by atoms with Gasteiger partial charge in [-0.15, -0.1) is 0 Å². The standard InChI is InChI=1S/2C9H12N4O.C9H12N4.C9H11N3O/c2*1-5(2)13-4-10-7-8(13)11-6(3)12-9(7)14;1-6(2)13-5-12-8-7(10)3-4-11-9(8)13;1-6(2)12-5-11-8-7(13)3-4-10-9(8)12/h4-5H,1-3H3,(H,11,12,14);4-5,11H,3H2,1-2H3,(H,12,14);3-6H,1-2H3,(H2,10,11);4-6H,3H2,1-2H3. The molecule has 18 nitrogen and oxygen atoms in total. The van der Waals surface area contributed by atoms with Crippen LogP contribution in [0.3, 0.4) is 0 Å². The first kappa shape index (κ1) is 38.8. The number of rotatable bonds is 4. The van der Waals surface area contributed by atoms with E-state index in [1.165, 1.54) is 0 Å². The predicted molar refractivity (Wildman–Crippen MR) is 208 cm³/mol. The average Bonchev–Trinajstić information content (AvgIpc) is 3.90. The quantitative estimate of drug-likeness (QED) is 0.178. The Balaban J connectivity index is 0.000000139.